The lowest BCUT2D eigenvalue weighted by atomic mass is 10.1. The molecule has 1 amide bonds. The number of nitro groups is 1. The summed E-state index contributed by atoms with van der Waals surface area (Å²) in [6.45, 7) is 3.83. The molecular weight excluding hydrogens is 302 g/mol. The van der Waals surface area contributed by atoms with Gasteiger partial charge in [0, 0.05) is 24.0 Å². The zero-order chi connectivity index (χ0) is 14.1. The molecule has 6 nitrogen and oxygen atoms in total. The highest BCUT2D eigenvalue weighted by Gasteiger charge is 2.31. The number of alkyl halides is 1. The first-order chi connectivity index (χ1) is 8.22. The molecule has 0 fully saturated rings. The fourth-order valence-corrected chi connectivity index (χ4v) is 1.81. The van der Waals surface area contributed by atoms with Crippen molar-refractivity contribution >= 4 is 27.7 Å². The molecule has 0 aliphatic rings. The summed E-state index contributed by atoms with van der Waals surface area (Å²) >= 11 is 3.35. The van der Waals surface area contributed by atoms with E-state index < -0.39 is 4.92 Å². The van der Waals surface area contributed by atoms with Gasteiger partial charge < -0.3 is 15.0 Å². The van der Waals surface area contributed by atoms with Gasteiger partial charge in [-0.1, -0.05) is 15.9 Å². The summed E-state index contributed by atoms with van der Waals surface area (Å²) in [6, 6.07) is 2.81. The second-order valence-corrected chi connectivity index (χ2v) is 5.26. The van der Waals surface area contributed by atoms with Gasteiger partial charge in [-0.25, -0.2) is 4.57 Å². The van der Waals surface area contributed by atoms with Crippen molar-refractivity contribution in [2.75, 3.05) is 12.4 Å². The molecule has 18 heavy (non-hydrogen) atoms. The van der Waals surface area contributed by atoms with Crippen molar-refractivity contribution in [3.05, 3.63) is 27.9 Å². The molecule has 0 radical (unpaired) electrons. The smallest absolute Gasteiger partial charge is 0.323 e. The van der Waals surface area contributed by atoms with E-state index in [2.05, 4.69) is 15.9 Å². The molecule has 0 aliphatic heterocycles. The van der Waals surface area contributed by atoms with Gasteiger partial charge in [0.1, 0.15) is 0 Å². The Morgan fingerprint density at radius 1 is 1.56 bits per heavy atom. The summed E-state index contributed by atoms with van der Waals surface area (Å²) in [7, 11) is 3.20. The van der Waals surface area contributed by atoms with Crippen molar-refractivity contribution in [1.82, 2.24) is 9.47 Å². The third-order valence-corrected chi connectivity index (χ3v) is 4.41. The molecular formula is C11H16BrN3O3. The molecule has 1 heterocycles. The first-order valence-corrected chi connectivity index (χ1v) is 6.48. The van der Waals surface area contributed by atoms with Crippen molar-refractivity contribution < 1.29 is 9.72 Å². The number of nitrogens with zero attached hydrogens (tertiary/aromatic N) is 3. The number of carbonyl (C=O) groups excluding carboxylic acids is 1. The van der Waals surface area contributed by atoms with E-state index in [0.29, 0.717) is 11.0 Å². The molecule has 100 valence electrons. The van der Waals surface area contributed by atoms with Crippen LogP contribution in [0, 0.1) is 10.1 Å². The Morgan fingerprint density at radius 3 is 2.50 bits per heavy atom. The number of hydrogen-bond donors (Lipinski definition) is 0. The normalized spacial score (nSPS) is 11.4. The van der Waals surface area contributed by atoms with Crippen molar-refractivity contribution in [1.29, 1.82) is 0 Å². The molecule has 1 aromatic rings. The summed E-state index contributed by atoms with van der Waals surface area (Å²) in [5, 5.41) is 11.4. The minimum absolute atomic E-state index is 0.0941. The monoisotopic (exact) mass is 317 g/mol. The maximum Gasteiger partial charge on any atom is 0.323 e. The van der Waals surface area contributed by atoms with Crippen LogP contribution in [-0.4, -0.2) is 38.2 Å². The van der Waals surface area contributed by atoms with E-state index >= 15 is 0 Å². The Kier molecular flexibility index (Phi) is 4.16. The van der Waals surface area contributed by atoms with Crippen molar-refractivity contribution in [3.63, 3.8) is 0 Å². The van der Waals surface area contributed by atoms with Gasteiger partial charge in [-0.2, -0.15) is 0 Å². The highest BCUT2D eigenvalue weighted by Crippen LogP contribution is 2.21. The van der Waals surface area contributed by atoms with Crippen LogP contribution < -0.4 is 0 Å². The average Bonchev–Trinajstić information content (AvgIpc) is 2.69. The Balaban J connectivity index is 3.09. The largest absolute Gasteiger partial charge is 0.358 e. The van der Waals surface area contributed by atoms with Gasteiger partial charge in [0.2, 0.25) is 0 Å². The summed E-state index contributed by atoms with van der Waals surface area (Å²) in [5.74, 6) is -0.335. The lowest BCUT2D eigenvalue weighted by Crippen LogP contribution is -2.46. The Labute approximate surface area is 114 Å². The van der Waals surface area contributed by atoms with E-state index in [4.69, 9.17) is 0 Å². The van der Waals surface area contributed by atoms with Crippen molar-refractivity contribution in [2.45, 2.75) is 19.4 Å². The number of amides is 1. The molecule has 1 aromatic heterocycles. The van der Waals surface area contributed by atoms with Crippen molar-refractivity contribution in [3.8, 4) is 0 Å². The Bertz CT molecular complexity index is 482. The van der Waals surface area contributed by atoms with Crippen LogP contribution in [0.2, 0.25) is 0 Å². The molecule has 1 rings (SSSR count). The molecule has 0 saturated heterocycles. The van der Waals surface area contributed by atoms with E-state index in [1.54, 1.807) is 11.9 Å². The average molecular weight is 318 g/mol. The number of aromatic nitrogens is 1. The predicted octanol–water partition coefficient (Wildman–Crippen LogP) is 2.18. The third-order valence-electron chi connectivity index (χ3n) is 3.04. The van der Waals surface area contributed by atoms with Crippen LogP contribution >= 0.6 is 15.9 Å². The van der Waals surface area contributed by atoms with Gasteiger partial charge in [0.15, 0.2) is 5.69 Å². The molecule has 0 saturated carbocycles. The number of hydrogen-bond acceptors (Lipinski definition) is 3. The van der Waals surface area contributed by atoms with E-state index in [9.17, 15) is 14.9 Å². The van der Waals surface area contributed by atoms with Crippen LogP contribution in [0.4, 0.5) is 5.82 Å². The minimum Gasteiger partial charge on any atom is -0.358 e. The second-order valence-electron chi connectivity index (χ2n) is 4.70. The summed E-state index contributed by atoms with van der Waals surface area (Å²) in [5.41, 5.74) is -0.0610. The highest BCUT2D eigenvalue weighted by atomic mass is 79.9. The summed E-state index contributed by atoms with van der Waals surface area (Å²) in [6.07, 6.45) is 0. The zero-order valence-electron chi connectivity index (χ0n) is 10.8. The molecule has 0 spiro atoms. The quantitative estimate of drug-likeness (QED) is 0.485. The van der Waals surface area contributed by atoms with Gasteiger partial charge in [0.25, 0.3) is 5.91 Å². The van der Waals surface area contributed by atoms with Crippen LogP contribution in [0.5, 0.6) is 0 Å². The fraction of sp³-hybridized carbons (Fsp3) is 0.545. The molecule has 0 unspecified atom stereocenters. The number of halogens is 1. The molecule has 0 aliphatic carbocycles. The second kappa shape index (κ2) is 5.09. The topological polar surface area (TPSA) is 68.4 Å². The van der Waals surface area contributed by atoms with Gasteiger partial charge in [-0.3, -0.25) is 4.79 Å². The van der Waals surface area contributed by atoms with Gasteiger partial charge >= 0.3 is 5.82 Å². The molecule has 7 heteroatoms. The maximum atomic E-state index is 12.3. The molecule has 0 atom stereocenters. The fourth-order valence-electron chi connectivity index (χ4n) is 1.43. The molecule has 0 bridgehead atoms. The van der Waals surface area contributed by atoms with Crippen LogP contribution in [0.25, 0.3) is 0 Å². The Morgan fingerprint density at radius 2 is 2.11 bits per heavy atom. The predicted molar refractivity (Wildman–Crippen MR) is 72.0 cm³/mol. The van der Waals surface area contributed by atoms with Crippen LogP contribution in [-0.2, 0) is 7.05 Å². The number of carbonyl (C=O) groups is 1. The lowest BCUT2D eigenvalue weighted by Gasteiger charge is -2.33. The standard InChI is InChI=1S/C11H16BrN3O3/c1-11(2,7-12)14(4)10(16)8-5-6-9(13(8)3)15(17)18/h5-6H,7H2,1-4H3. The molecule has 0 N–H and O–H groups in total. The maximum absolute atomic E-state index is 12.3. The van der Waals surface area contributed by atoms with E-state index in [0.717, 1.165) is 0 Å². The van der Waals surface area contributed by atoms with Crippen LogP contribution in [0.15, 0.2) is 12.1 Å². The van der Waals surface area contributed by atoms with E-state index in [1.807, 2.05) is 13.8 Å². The zero-order valence-corrected chi connectivity index (χ0v) is 12.4. The molecule has 0 aromatic carbocycles. The third kappa shape index (κ3) is 2.55. The lowest BCUT2D eigenvalue weighted by molar-refractivity contribution is -0.391. The Hall–Kier alpha value is -1.37. The summed E-state index contributed by atoms with van der Waals surface area (Å²) < 4.78 is 1.29. The van der Waals surface area contributed by atoms with Gasteiger partial charge in [-0.05, 0) is 24.8 Å². The van der Waals surface area contributed by atoms with Crippen molar-refractivity contribution in [2.24, 2.45) is 7.05 Å². The summed E-state index contributed by atoms with van der Waals surface area (Å²) in [4.78, 5) is 24.1. The SMILES string of the molecule is CN(C(=O)c1ccc([N+](=O)[O-])n1C)C(C)(C)CBr. The first kappa shape index (κ1) is 14.7. The van der Waals surface area contributed by atoms with E-state index in [-0.39, 0.29) is 17.3 Å². The first-order valence-electron chi connectivity index (χ1n) is 5.36. The highest BCUT2D eigenvalue weighted by molar-refractivity contribution is 9.09. The van der Waals surface area contributed by atoms with Crippen LogP contribution in [0.1, 0.15) is 24.3 Å². The minimum atomic E-state index is -0.508. The van der Waals surface area contributed by atoms with E-state index in [1.165, 1.54) is 23.7 Å². The van der Waals surface area contributed by atoms with Crippen LogP contribution in [0.3, 0.4) is 0 Å². The number of rotatable bonds is 4. The van der Waals surface area contributed by atoms with Gasteiger partial charge in [0.05, 0.1) is 7.05 Å². The van der Waals surface area contributed by atoms with Gasteiger partial charge in [-0.15, -0.1) is 0 Å².